The second kappa shape index (κ2) is 8.94. The third kappa shape index (κ3) is 4.83. The first-order chi connectivity index (χ1) is 17.3. The van der Waals surface area contributed by atoms with Gasteiger partial charge in [0.1, 0.15) is 5.60 Å². The van der Waals surface area contributed by atoms with E-state index in [0.717, 1.165) is 0 Å². The number of esters is 3. The van der Waals surface area contributed by atoms with Crippen LogP contribution in [0.3, 0.4) is 0 Å². The standard InChI is InChI=1S/C22H21F11O6/c1-9(2)13(34)37-17-6-10-4-11(7-17)18(12(5-10)8-17,38-14(35)19(25,26)16(3,23)24)39-15(36)20(27,28)21(29,30)22(31,32)33/h10-12H,1,4-8H2,2-3H3. The molecule has 4 fully saturated rings. The van der Waals surface area contributed by atoms with E-state index in [1.165, 1.54) is 6.92 Å². The van der Waals surface area contributed by atoms with E-state index in [0.29, 0.717) is 0 Å². The Hall–Kier alpha value is -2.62. The molecule has 222 valence electrons. The minimum Gasteiger partial charge on any atom is -0.456 e. The van der Waals surface area contributed by atoms with Crippen molar-refractivity contribution in [1.82, 2.24) is 0 Å². The van der Waals surface area contributed by atoms with E-state index < -0.39 is 96.7 Å². The topological polar surface area (TPSA) is 78.9 Å². The number of carbonyl (C=O) groups is 3. The van der Waals surface area contributed by atoms with Crippen molar-refractivity contribution < 1.29 is 76.9 Å². The predicted molar refractivity (Wildman–Crippen MR) is 104 cm³/mol. The summed E-state index contributed by atoms with van der Waals surface area (Å²) in [6.45, 7) is 4.21. The number of rotatable bonds is 8. The van der Waals surface area contributed by atoms with E-state index in [1.807, 2.05) is 0 Å². The number of ether oxygens (including phenoxy) is 3. The second-order valence-electron chi connectivity index (χ2n) is 10.3. The van der Waals surface area contributed by atoms with E-state index in [4.69, 9.17) is 4.74 Å². The van der Waals surface area contributed by atoms with Crippen molar-refractivity contribution in [2.24, 2.45) is 17.8 Å². The van der Waals surface area contributed by atoms with Crippen LogP contribution in [-0.4, -0.2) is 59.2 Å². The summed E-state index contributed by atoms with van der Waals surface area (Å²) in [5, 5.41) is 0. The Kier molecular flexibility index (Phi) is 7.09. The molecule has 0 aromatic rings. The Morgan fingerprint density at radius 1 is 0.744 bits per heavy atom. The average molecular weight is 590 g/mol. The number of hydrogen-bond donors (Lipinski definition) is 0. The van der Waals surface area contributed by atoms with Crippen molar-refractivity contribution in [3.05, 3.63) is 12.2 Å². The summed E-state index contributed by atoms with van der Waals surface area (Å²) in [6.07, 6.45) is -8.70. The fraction of sp³-hybridized carbons (Fsp3) is 0.773. The SMILES string of the molecule is C=C(C)C(=O)OC12CC3CC(C1)C(OC(=O)C(F)(F)C(C)(F)F)(OC(=O)C(F)(F)C(F)(F)C(F)(F)F)C(C3)C2. The summed E-state index contributed by atoms with van der Waals surface area (Å²) in [5.41, 5.74) is -1.60. The summed E-state index contributed by atoms with van der Waals surface area (Å²) in [5.74, 6) is -39.4. The van der Waals surface area contributed by atoms with Gasteiger partial charge < -0.3 is 14.2 Å². The molecule has 0 amide bonds. The van der Waals surface area contributed by atoms with Crippen LogP contribution in [-0.2, 0) is 28.6 Å². The first kappa shape index (κ1) is 30.9. The van der Waals surface area contributed by atoms with Gasteiger partial charge in [0.2, 0.25) is 0 Å². The molecule has 0 aromatic carbocycles. The smallest absolute Gasteiger partial charge is 0.456 e. The van der Waals surface area contributed by atoms with Gasteiger partial charge in [0.05, 0.1) is 0 Å². The zero-order valence-corrected chi connectivity index (χ0v) is 20.1. The molecule has 4 aliphatic carbocycles. The minimum atomic E-state index is -7.02. The average Bonchev–Trinajstić information content (AvgIpc) is 2.74. The van der Waals surface area contributed by atoms with Crippen molar-refractivity contribution in [2.45, 2.75) is 87.2 Å². The van der Waals surface area contributed by atoms with Crippen LogP contribution in [0.15, 0.2) is 12.2 Å². The number of halogens is 11. The normalized spacial score (nSPS) is 31.1. The zero-order chi connectivity index (χ0) is 30.2. The van der Waals surface area contributed by atoms with Gasteiger partial charge >= 0.3 is 47.8 Å². The fourth-order valence-corrected chi connectivity index (χ4v) is 5.52. The zero-order valence-electron chi connectivity index (χ0n) is 20.1. The summed E-state index contributed by atoms with van der Waals surface area (Å²) < 4.78 is 162. The van der Waals surface area contributed by atoms with E-state index >= 15 is 0 Å². The van der Waals surface area contributed by atoms with E-state index in [2.05, 4.69) is 16.1 Å². The molecule has 2 unspecified atom stereocenters. The van der Waals surface area contributed by atoms with Crippen molar-refractivity contribution in [2.75, 3.05) is 0 Å². The van der Waals surface area contributed by atoms with E-state index in [1.54, 1.807) is 0 Å². The van der Waals surface area contributed by atoms with Gasteiger partial charge in [-0.3, -0.25) is 0 Å². The third-order valence-corrected chi connectivity index (χ3v) is 7.25. The van der Waals surface area contributed by atoms with Crippen LogP contribution in [0, 0.1) is 17.8 Å². The molecular weight excluding hydrogens is 569 g/mol. The second-order valence-corrected chi connectivity index (χ2v) is 10.3. The first-order valence-corrected chi connectivity index (χ1v) is 11.3. The maximum atomic E-state index is 14.1. The number of hydrogen-bond acceptors (Lipinski definition) is 6. The molecule has 4 saturated carbocycles. The first-order valence-electron chi connectivity index (χ1n) is 11.3. The minimum absolute atomic E-state index is 0.0997. The van der Waals surface area contributed by atoms with Crippen LogP contribution in [0.2, 0.25) is 0 Å². The highest BCUT2D eigenvalue weighted by molar-refractivity contribution is 5.87. The number of alkyl halides is 11. The van der Waals surface area contributed by atoms with Gasteiger partial charge in [0, 0.05) is 24.3 Å². The van der Waals surface area contributed by atoms with Crippen LogP contribution in [0.25, 0.3) is 0 Å². The van der Waals surface area contributed by atoms with Crippen LogP contribution in [0.4, 0.5) is 48.3 Å². The Labute approximate surface area is 212 Å². The molecule has 0 N–H and O–H groups in total. The Balaban J connectivity index is 2.07. The molecule has 6 nitrogen and oxygen atoms in total. The highest BCUT2D eigenvalue weighted by Gasteiger charge is 2.79. The lowest BCUT2D eigenvalue weighted by Gasteiger charge is -2.62. The molecule has 0 saturated heterocycles. The molecule has 0 radical (unpaired) electrons. The van der Waals surface area contributed by atoms with Gasteiger partial charge in [-0.2, -0.15) is 48.3 Å². The predicted octanol–water partition coefficient (Wildman–Crippen LogP) is 5.59. The van der Waals surface area contributed by atoms with Crippen LogP contribution >= 0.6 is 0 Å². The lowest BCUT2D eigenvalue weighted by Crippen LogP contribution is -2.69. The largest absolute Gasteiger partial charge is 0.460 e. The molecule has 2 atom stereocenters. The van der Waals surface area contributed by atoms with Crippen molar-refractivity contribution in [3.8, 4) is 0 Å². The molecule has 17 heteroatoms. The summed E-state index contributed by atoms with van der Waals surface area (Å²) in [6, 6.07) is 0. The Morgan fingerprint density at radius 2 is 1.18 bits per heavy atom. The van der Waals surface area contributed by atoms with Crippen LogP contribution in [0.1, 0.15) is 46.0 Å². The van der Waals surface area contributed by atoms with Gasteiger partial charge in [-0.1, -0.05) is 6.58 Å². The van der Waals surface area contributed by atoms with E-state index in [9.17, 15) is 62.7 Å². The summed E-state index contributed by atoms with van der Waals surface area (Å²) in [7, 11) is 0. The molecule has 0 spiro atoms. The molecule has 0 aromatic heterocycles. The third-order valence-electron chi connectivity index (χ3n) is 7.25. The summed E-state index contributed by atoms with van der Waals surface area (Å²) >= 11 is 0. The molecule has 0 aliphatic heterocycles. The molecule has 39 heavy (non-hydrogen) atoms. The maximum absolute atomic E-state index is 14.1. The van der Waals surface area contributed by atoms with Gasteiger partial charge in [0.15, 0.2) is 0 Å². The monoisotopic (exact) mass is 590 g/mol. The lowest BCUT2D eigenvalue weighted by molar-refractivity contribution is -0.369. The Bertz CT molecular complexity index is 1050. The van der Waals surface area contributed by atoms with Crippen molar-refractivity contribution in [3.63, 3.8) is 0 Å². The molecule has 4 bridgehead atoms. The highest BCUT2D eigenvalue weighted by Crippen LogP contribution is 2.63. The van der Waals surface area contributed by atoms with E-state index in [-0.39, 0.29) is 24.8 Å². The quantitative estimate of drug-likeness (QED) is 0.159. The maximum Gasteiger partial charge on any atom is 0.460 e. The van der Waals surface area contributed by atoms with Gasteiger partial charge in [-0.05, 0) is 44.9 Å². The van der Waals surface area contributed by atoms with Gasteiger partial charge in [-0.25, -0.2) is 14.4 Å². The highest BCUT2D eigenvalue weighted by atomic mass is 19.4. The summed E-state index contributed by atoms with van der Waals surface area (Å²) in [4.78, 5) is 36.5. The van der Waals surface area contributed by atoms with Crippen molar-refractivity contribution >= 4 is 17.9 Å². The number of carbonyl (C=O) groups excluding carboxylic acids is 3. The fourth-order valence-electron chi connectivity index (χ4n) is 5.52. The molecular formula is C22H21F11O6. The van der Waals surface area contributed by atoms with Gasteiger partial charge in [-0.15, -0.1) is 0 Å². The molecule has 4 aliphatic rings. The molecule has 4 rings (SSSR count). The lowest BCUT2D eigenvalue weighted by atomic mass is 9.51. The van der Waals surface area contributed by atoms with Gasteiger partial charge in [0.25, 0.3) is 5.79 Å². The van der Waals surface area contributed by atoms with Crippen LogP contribution in [0.5, 0.6) is 0 Å². The Morgan fingerprint density at radius 3 is 1.56 bits per heavy atom. The van der Waals surface area contributed by atoms with Crippen LogP contribution < -0.4 is 0 Å². The van der Waals surface area contributed by atoms with Crippen molar-refractivity contribution in [1.29, 1.82) is 0 Å². The molecule has 0 heterocycles.